The van der Waals surface area contributed by atoms with Crippen LogP contribution in [0.1, 0.15) is 29.0 Å². The first-order chi connectivity index (χ1) is 13.5. The third-order valence-corrected chi connectivity index (χ3v) is 5.19. The average Bonchev–Trinajstić information content (AvgIpc) is 2.72. The molecule has 0 radical (unpaired) electrons. The number of aryl methyl sites for hydroxylation is 1. The Bertz CT molecular complexity index is 1080. The van der Waals surface area contributed by atoms with Gasteiger partial charge in [-0.15, -0.1) is 0 Å². The van der Waals surface area contributed by atoms with Gasteiger partial charge in [0, 0.05) is 23.6 Å². The van der Waals surface area contributed by atoms with Crippen LogP contribution in [0.2, 0.25) is 0 Å². The van der Waals surface area contributed by atoms with Gasteiger partial charge in [0.2, 0.25) is 5.88 Å². The van der Waals surface area contributed by atoms with Crippen molar-refractivity contribution in [3.05, 3.63) is 86.3 Å². The van der Waals surface area contributed by atoms with Gasteiger partial charge < -0.3 is 15.2 Å². The van der Waals surface area contributed by atoms with Crippen molar-refractivity contribution < 1.29 is 14.4 Å². The van der Waals surface area contributed by atoms with Crippen LogP contribution in [-0.2, 0) is 11.2 Å². The maximum atomic E-state index is 11.0. The molecule has 1 aliphatic heterocycles. The molecule has 0 amide bonds. The molecule has 0 fully saturated rings. The quantitative estimate of drug-likeness (QED) is 0.646. The Morgan fingerprint density at radius 2 is 2.00 bits per heavy atom. The summed E-state index contributed by atoms with van der Waals surface area (Å²) in [7, 11) is 1.60. The first-order valence-corrected chi connectivity index (χ1v) is 8.75. The molecule has 7 nitrogen and oxygen atoms in total. The van der Waals surface area contributed by atoms with Crippen LogP contribution in [-0.4, -0.2) is 12.0 Å². The van der Waals surface area contributed by atoms with E-state index in [0.29, 0.717) is 23.5 Å². The number of hydrogen-bond donors (Lipinski definition) is 1. The highest BCUT2D eigenvalue weighted by molar-refractivity contribution is 5.75. The number of rotatable bonds is 3. The first kappa shape index (κ1) is 17.6. The third kappa shape index (κ3) is 2.76. The van der Waals surface area contributed by atoms with Crippen LogP contribution in [0.25, 0.3) is 5.76 Å². The number of nitriles is 1. The van der Waals surface area contributed by atoms with Gasteiger partial charge in [0.25, 0.3) is 5.69 Å². The third-order valence-electron chi connectivity index (χ3n) is 5.19. The van der Waals surface area contributed by atoms with Gasteiger partial charge in [-0.25, -0.2) is 0 Å². The van der Waals surface area contributed by atoms with Gasteiger partial charge in [0.15, 0.2) is 0 Å². The maximum Gasteiger partial charge on any atom is 0.269 e. The molecule has 1 aliphatic carbocycles. The van der Waals surface area contributed by atoms with E-state index in [1.165, 1.54) is 12.1 Å². The lowest BCUT2D eigenvalue weighted by molar-refractivity contribution is -0.384. The van der Waals surface area contributed by atoms with E-state index >= 15 is 0 Å². The van der Waals surface area contributed by atoms with E-state index in [1.54, 1.807) is 19.2 Å². The number of nitro groups is 1. The lowest BCUT2D eigenvalue weighted by Gasteiger charge is -2.33. The Balaban J connectivity index is 1.87. The van der Waals surface area contributed by atoms with Gasteiger partial charge in [0.1, 0.15) is 23.2 Å². The summed E-state index contributed by atoms with van der Waals surface area (Å²) < 4.78 is 11.2. The van der Waals surface area contributed by atoms with Gasteiger partial charge in [-0.2, -0.15) is 5.26 Å². The molecule has 0 saturated heterocycles. The van der Waals surface area contributed by atoms with E-state index in [2.05, 4.69) is 6.07 Å². The predicted molar refractivity (Wildman–Crippen MR) is 102 cm³/mol. The number of methoxy groups -OCH3 is 1. The summed E-state index contributed by atoms with van der Waals surface area (Å²) >= 11 is 0. The molecular weight excluding hydrogens is 358 g/mol. The molecular formula is C21H17N3O4. The summed E-state index contributed by atoms with van der Waals surface area (Å²) in [6.07, 6.45) is 1.50. The molecule has 2 aromatic rings. The van der Waals surface area contributed by atoms with Gasteiger partial charge in [0.05, 0.1) is 12.0 Å². The number of hydrogen-bond acceptors (Lipinski definition) is 6. The molecule has 0 spiro atoms. The van der Waals surface area contributed by atoms with Crippen molar-refractivity contribution in [2.75, 3.05) is 7.11 Å². The molecule has 0 aromatic heterocycles. The summed E-state index contributed by atoms with van der Waals surface area (Å²) in [5, 5.41) is 20.7. The standard InChI is InChI=1S/C21H17N3O4/c1-27-15-8-4-12-5-9-16-19(13-2-6-14(7-3-13)24(25)26)18(11-22)21(23)28-20(16)17(12)10-15/h2-4,6-8,10,19H,5,9,23H2,1H3. The summed E-state index contributed by atoms with van der Waals surface area (Å²) in [6, 6.07) is 14.2. The summed E-state index contributed by atoms with van der Waals surface area (Å²) in [5.41, 5.74) is 10.1. The van der Waals surface area contributed by atoms with Crippen LogP contribution in [0.5, 0.6) is 5.75 Å². The second-order valence-corrected chi connectivity index (χ2v) is 6.65. The molecule has 0 saturated carbocycles. The van der Waals surface area contributed by atoms with E-state index in [9.17, 15) is 15.4 Å². The molecule has 0 bridgehead atoms. The van der Waals surface area contributed by atoms with Crippen molar-refractivity contribution >= 4 is 11.4 Å². The molecule has 140 valence electrons. The Morgan fingerprint density at radius 3 is 2.64 bits per heavy atom. The molecule has 2 N–H and O–H groups in total. The Morgan fingerprint density at radius 1 is 1.25 bits per heavy atom. The second kappa shape index (κ2) is 6.74. The fraction of sp³-hybridized carbons (Fsp3) is 0.190. The van der Waals surface area contributed by atoms with E-state index in [1.807, 2.05) is 18.2 Å². The molecule has 7 heteroatoms. The number of fused-ring (bicyclic) bond motifs is 2. The van der Waals surface area contributed by atoms with Gasteiger partial charge in [-0.3, -0.25) is 10.1 Å². The number of ether oxygens (including phenoxy) is 2. The molecule has 1 unspecified atom stereocenters. The molecule has 2 aliphatic rings. The van der Waals surface area contributed by atoms with E-state index in [4.69, 9.17) is 15.2 Å². The van der Waals surface area contributed by atoms with Crippen LogP contribution in [0.15, 0.2) is 59.5 Å². The zero-order chi connectivity index (χ0) is 19.8. The highest BCUT2D eigenvalue weighted by atomic mass is 16.6. The minimum absolute atomic E-state index is 0.000743. The smallest absolute Gasteiger partial charge is 0.269 e. The minimum Gasteiger partial charge on any atom is -0.497 e. The Hall–Kier alpha value is -3.79. The largest absolute Gasteiger partial charge is 0.497 e. The minimum atomic E-state index is -0.447. The summed E-state index contributed by atoms with van der Waals surface area (Å²) in [5.74, 6) is 1.01. The maximum absolute atomic E-state index is 11.0. The van der Waals surface area contributed by atoms with Crippen LogP contribution < -0.4 is 10.5 Å². The number of allylic oxidation sites excluding steroid dienone is 2. The van der Waals surface area contributed by atoms with Crippen LogP contribution >= 0.6 is 0 Å². The Labute approximate surface area is 161 Å². The normalized spacial score (nSPS) is 17.9. The number of nitrogens with two attached hydrogens (primary N) is 1. The van der Waals surface area contributed by atoms with Crippen molar-refractivity contribution in [1.82, 2.24) is 0 Å². The summed E-state index contributed by atoms with van der Waals surface area (Å²) in [6.45, 7) is 0. The van der Waals surface area contributed by atoms with Crippen molar-refractivity contribution in [3.63, 3.8) is 0 Å². The lowest BCUT2D eigenvalue weighted by atomic mass is 9.76. The first-order valence-electron chi connectivity index (χ1n) is 8.75. The average molecular weight is 375 g/mol. The summed E-state index contributed by atoms with van der Waals surface area (Å²) in [4.78, 5) is 10.5. The van der Waals surface area contributed by atoms with Gasteiger partial charge in [-0.1, -0.05) is 18.2 Å². The fourth-order valence-electron chi connectivity index (χ4n) is 3.82. The van der Waals surface area contributed by atoms with Gasteiger partial charge >= 0.3 is 0 Å². The van der Waals surface area contributed by atoms with Crippen LogP contribution in [0.3, 0.4) is 0 Å². The van der Waals surface area contributed by atoms with Crippen molar-refractivity contribution in [2.45, 2.75) is 18.8 Å². The van der Waals surface area contributed by atoms with Gasteiger partial charge in [-0.05, 0) is 41.7 Å². The van der Waals surface area contributed by atoms with E-state index < -0.39 is 10.8 Å². The monoisotopic (exact) mass is 375 g/mol. The van der Waals surface area contributed by atoms with Crippen molar-refractivity contribution in [2.24, 2.45) is 5.73 Å². The lowest BCUT2D eigenvalue weighted by Crippen LogP contribution is -2.23. The number of benzene rings is 2. The predicted octanol–water partition coefficient (Wildman–Crippen LogP) is 3.77. The molecule has 4 rings (SSSR count). The number of nitro benzene ring substituents is 1. The zero-order valence-corrected chi connectivity index (χ0v) is 15.1. The van der Waals surface area contributed by atoms with Crippen molar-refractivity contribution in [1.29, 1.82) is 5.26 Å². The number of non-ortho nitro benzene ring substituents is 1. The SMILES string of the molecule is COc1ccc2c(c1)C1=C(CC2)C(c2ccc([N+](=O)[O-])cc2)C(C#N)=C(N)O1. The van der Waals surface area contributed by atoms with Crippen LogP contribution in [0.4, 0.5) is 5.69 Å². The Kier molecular flexibility index (Phi) is 4.24. The highest BCUT2D eigenvalue weighted by Gasteiger charge is 2.36. The number of nitrogens with zero attached hydrogens (tertiary/aromatic N) is 2. The molecule has 28 heavy (non-hydrogen) atoms. The zero-order valence-electron chi connectivity index (χ0n) is 15.1. The van der Waals surface area contributed by atoms with Crippen molar-refractivity contribution in [3.8, 4) is 11.8 Å². The topological polar surface area (TPSA) is 111 Å². The molecule has 1 heterocycles. The highest BCUT2D eigenvalue weighted by Crippen LogP contribution is 2.47. The molecule has 2 aromatic carbocycles. The van der Waals surface area contributed by atoms with E-state index in [0.717, 1.165) is 28.7 Å². The van der Waals surface area contributed by atoms with E-state index in [-0.39, 0.29) is 11.6 Å². The fourth-order valence-corrected chi connectivity index (χ4v) is 3.82. The molecule has 1 atom stereocenters. The second-order valence-electron chi connectivity index (χ2n) is 6.65. The van der Waals surface area contributed by atoms with Crippen LogP contribution in [0, 0.1) is 21.4 Å².